The van der Waals surface area contributed by atoms with E-state index in [-0.39, 0.29) is 5.78 Å². The van der Waals surface area contributed by atoms with Crippen molar-refractivity contribution in [2.24, 2.45) is 0 Å². The Kier molecular flexibility index (Phi) is 4.97. The lowest BCUT2D eigenvalue weighted by Crippen LogP contribution is -2.19. The van der Waals surface area contributed by atoms with Crippen molar-refractivity contribution in [1.29, 1.82) is 0 Å². The van der Waals surface area contributed by atoms with Crippen LogP contribution in [-0.4, -0.2) is 19.0 Å². The third kappa shape index (κ3) is 2.84. The van der Waals surface area contributed by atoms with Gasteiger partial charge >= 0.3 is 0 Å². The van der Waals surface area contributed by atoms with Crippen LogP contribution in [0.3, 0.4) is 0 Å². The molecule has 0 aromatic rings. The lowest BCUT2D eigenvalue weighted by atomic mass is 10.1. The van der Waals surface area contributed by atoms with E-state index in [1.54, 1.807) is 19.1 Å². The molecule has 0 aromatic carbocycles. The lowest BCUT2D eigenvalue weighted by molar-refractivity contribution is -0.123. The molecule has 2 heteroatoms. The summed E-state index contributed by atoms with van der Waals surface area (Å²) >= 11 is 0. The minimum atomic E-state index is -0.422. The number of hydrogen-bond acceptors (Lipinski definition) is 2. The zero-order valence-electron chi connectivity index (χ0n) is 7.54. The first kappa shape index (κ1) is 10.8. The number of ether oxygens (including phenoxy) is 1. The molecule has 0 bridgehead atoms. The largest absolute Gasteiger partial charge is 0.374 e. The van der Waals surface area contributed by atoms with Crippen LogP contribution in [-0.2, 0) is 9.53 Å². The van der Waals surface area contributed by atoms with Gasteiger partial charge in [0.1, 0.15) is 6.10 Å². The quantitative estimate of drug-likeness (QED) is 0.460. The van der Waals surface area contributed by atoms with Crippen molar-refractivity contribution in [2.75, 3.05) is 7.11 Å². The van der Waals surface area contributed by atoms with Gasteiger partial charge in [0, 0.05) is 12.7 Å². The Hall–Kier alpha value is -1.15. The summed E-state index contributed by atoms with van der Waals surface area (Å²) in [6.45, 7) is 8.72. The van der Waals surface area contributed by atoms with Crippen LogP contribution < -0.4 is 0 Å². The van der Waals surface area contributed by atoms with Gasteiger partial charge in [0.05, 0.1) is 0 Å². The van der Waals surface area contributed by atoms with Gasteiger partial charge < -0.3 is 4.74 Å². The van der Waals surface area contributed by atoms with Crippen LogP contribution in [0.1, 0.15) is 6.92 Å². The number of rotatable bonds is 5. The molecule has 0 saturated heterocycles. The molecule has 0 fully saturated rings. The zero-order chi connectivity index (χ0) is 9.56. The second-order valence-corrected chi connectivity index (χ2v) is 2.30. The normalized spacial score (nSPS) is 13.7. The highest BCUT2D eigenvalue weighted by molar-refractivity contribution is 6.01. The van der Waals surface area contributed by atoms with Crippen molar-refractivity contribution in [3.63, 3.8) is 0 Å². The number of allylic oxidation sites excluding steroid dienone is 3. The Balaban J connectivity index is 4.52. The molecule has 66 valence electrons. The van der Waals surface area contributed by atoms with E-state index in [1.165, 1.54) is 13.2 Å². The zero-order valence-corrected chi connectivity index (χ0v) is 7.54. The fraction of sp³-hybridized carbons (Fsp3) is 0.300. The molecule has 0 amide bonds. The summed E-state index contributed by atoms with van der Waals surface area (Å²) in [5, 5.41) is 0. The fourth-order valence-corrected chi connectivity index (χ4v) is 0.719. The summed E-state index contributed by atoms with van der Waals surface area (Å²) in [7, 11) is 1.50. The Labute approximate surface area is 73.2 Å². The lowest BCUT2D eigenvalue weighted by Gasteiger charge is -2.07. The number of Topliss-reactive ketones (excluding diaryl/α,β-unsaturated/α-hetero) is 1. The summed E-state index contributed by atoms with van der Waals surface area (Å²) < 4.78 is 4.87. The first-order chi connectivity index (χ1) is 5.67. The average Bonchev–Trinajstić information content (AvgIpc) is 2.11. The second-order valence-electron chi connectivity index (χ2n) is 2.30. The maximum Gasteiger partial charge on any atom is 0.191 e. The Morgan fingerprint density at radius 1 is 1.50 bits per heavy atom. The van der Waals surface area contributed by atoms with Gasteiger partial charge in [-0.05, 0) is 6.92 Å². The Bertz CT molecular complexity index is 214. The molecular weight excluding hydrogens is 152 g/mol. The molecule has 0 aromatic heterocycles. The standard InChI is InChI=1S/C10H14O2/c1-5-7-9(6-2)10(11)8(3)12-4/h5-8H,1-2H2,3-4H3/b9-7+. The van der Waals surface area contributed by atoms with Gasteiger partial charge in [0.25, 0.3) is 0 Å². The first-order valence-corrected chi connectivity index (χ1v) is 3.69. The third-order valence-corrected chi connectivity index (χ3v) is 1.52. The monoisotopic (exact) mass is 166 g/mol. The van der Waals surface area contributed by atoms with Gasteiger partial charge in [-0.1, -0.05) is 31.4 Å². The van der Waals surface area contributed by atoms with Crippen LogP contribution in [0.15, 0.2) is 37.0 Å². The van der Waals surface area contributed by atoms with Gasteiger partial charge in [-0.2, -0.15) is 0 Å². The van der Waals surface area contributed by atoms with E-state index in [4.69, 9.17) is 4.74 Å². The van der Waals surface area contributed by atoms with E-state index < -0.39 is 6.10 Å². The predicted octanol–water partition coefficient (Wildman–Crippen LogP) is 1.89. The predicted molar refractivity (Wildman–Crippen MR) is 50.0 cm³/mol. The minimum absolute atomic E-state index is 0.0765. The summed E-state index contributed by atoms with van der Waals surface area (Å²) in [5.41, 5.74) is 0.527. The molecule has 0 heterocycles. The van der Waals surface area contributed by atoms with Gasteiger partial charge in [-0.25, -0.2) is 0 Å². The Morgan fingerprint density at radius 2 is 2.08 bits per heavy atom. The van der Waals surface area contributed by atoms with Crippen molar-refractivity contribution in [3.8, 4) is 0 Å². The van der Waals surface area contributed by atoms with E-state index in [1.807, 2.05) is 0 Å². The van der Waals surface area contributed by atoms with Gasteiger partial charge in [-0.3, -0.25) is 4.79 Å². The number of carbonyl (C=O) groups is 1. The highest BCUT2D eigenvalue weighted by Gasteiger charge is 2.13. The van der Waals surface area contributed by atoms with Crippen molar-refractivity contribution in [2.45, 2.75) is 13.0 Å². The van der Waals surface area contributed by atoms with Gasteiger partial charge in [0.2, 0.25) is 0 Å². The van der Waals surface area contributed by atoms with E-state index in [9.17, 15) is 4.79 Å². The number of ketones is 1. The molecule has 0 aliphatic carbocycles. The fourth-order valence-electron chi connectivity index (χ4n) is 0.719. The van der Waals surface area contributed by atoms with Crippen LogP contribution in [0.25, 0.3) is 0 Å². The highest BCUT2D eigenvalue weighted by Crippen LogP contribution is 2.04. The minimum Gasteiger partial charge on any atom is -0.374 e. The average molecular weight is 166 g/mol. The smallest absolute Gasteiger partial charge is 0.191 e. The highest BCUT2D eigenvalue weighted by atomic mass is 16.5. The third-order valence-electron chi connectivity index (χ3n) is 1.52. The molecule has 1 unspecified atom stereocenters. The maximum atomic E-state index is 11.4. The summed E-state index contributed by atoms with van der Waals surface area (Å²) in [4.78, 5) is 11.4. The number of methoxy groups -OCH3 is 1. The number of carbonyl (C=O) groups excluding carboxylic acids is 1. The van der Waals surface area contributed by atoms with Gasteiger partial charge in [-0.15, -0.1) is 0 Å². The molecule has 1 atom stereocenters. The summed E-state index contributed by atoms with van der Waals surface area (Å²) in [6.07, 6.45) is 4.25. The summed E-state index contributed by atoms with van der Waals surface area (Å²) in [5.74, 6) is -0.0765. The van der Waals surface area contributed by atoms with Crippen molar-refractivity contribution >= 4 is 5.78 Å². The van der Waals surface area contributed by atoms with E-state index >= 15 is 0 Å². The molecule has 2 nitrogen and oxygen atoms in total. The molecule has 0 rings (SSSR count). The van der Waals surface area contributed by atoms with E-state index in [0.717, 1.165) is 0 Å². The first-order valence-electron chi connectivity index (χ1n) is 3.69. The van der Waals surface area contributed by atoms with Crippen LogP contribution >= 0.6 is 0 Å². The molecular formula is C10H14O2. The molecule has 0 aliphatic heterocycles. The number of hydrogen-bond donors (Lipinski definition) is 0. The molecule has 0 N–H and O–H groups in total. The van der Waals surface area contributed by atoms with Crippen LogP contribution in [0.5, 0.6) is 0 Å². The second kappa shape index (κ2) is 5.49. The van der Waals surface area contributed by atoms with Crippen LogP contribution in [0, 0.1) is 0 Å². The molecule has 0 aliphatic rings. The van der Waals surface area contributed by atoms with Crippen molar-refractivity contribution in [1.82, 2.24) is 0 Å². The van der Waals surface area contributed by atoms with Crippen molar-refractivity contribution < 1.29 is 9.53 Å². The van der Waals surface area contributed by atoms with E-state index in [0.29, 0.717) is 5.57 Å². The molecule has 0 spiro atoms. The maximum absolute atomic E-state index is 11.4. The Morgan fingerprint density at radius 3 is 2.42 bits per heavy atom. The van der Waals surface area contributed by atoms with E-state index in [2.05, 4.69) is 13.2 Å². The molecule has 0 radical (unpaired) electrons. The van der Waals surface area contributed by atoms with Crippen molar-refractivity contribution in [3.05, 3.63) is 37.0 Å². The van der Waals surface area contributed by atoms with Gasteiger partial charge in [0.15, 0.2) is 5.78 Å². The topological polar surface area (TPSA) is 26.3 Å². The van der Waals surface area contributed by atoms with Crippen LogP contribution in [0.2, 0.25) is 0 Å². The van der Waals surface area contributed by atoms with Crippen LogP contribution in [0.4, 0.5) is 0 Å². The SMILES string of the molecule is C=C/C=C(\C=C)C(=O)C(C)OC. The molecule has 12 heavy (non-hydrogen) atoms. The molecule has 0 saturated carbocycles. The summed E-state index contributed by atoms with van der Waals surface area (Å²) in [6, 6.07) is 0.